The van der Waals surface area contributed by atoms with Crippen LogP contribution in [-0.2, 0) is 9.53 Å². The molecule has 0 heterocycles. The van der Waals surface area contributed by atoms with Gasteiger partial charge >= 0.3 is 5.97 Å². The molecule has 0 aromatic rings. The fourth-order valence-electron chi connectivity index (χ4n) is 0.752. The van der Waals surface area contributed by atoms with Crippen molar-refractivity contribution in [1.82, 2.24) is 0 Å². The summed E-state index contributed by atoms with van der Waals surface area (Å²) in [6.45, 7) is 4.45. The second-order valence-electron chi connectivity index (χ2n) is 4.95. The summed E-state index contributed by atoms with van der Waals surface area (Å²) in [4.78, 5) is 10.7. The van der Waals surface area contributed by atoms with Gasteiger partial charge in [-0.15, -0.1) is 0 Å². The number of rotatable bonds is 5. The van der Waals surface area contributed by atoms with Gasteiger partial charge < -0.3 is 9.22 Å². The lowest BCUT2D eigenvalue weighted by Gasteiger charge is -2.14. The van der Waals surface area contributed by atoms with Crippen LogP contribution in [0.3, 0.4) is 0 Å². The molecule has 0 amide bonds. The molecular weight excluding hydrogens is 190 g/mol. The highest BCUT2D eigenvalue weighted by atomic mass is 16.5. The summed E-state index contributed by atoms with van der Waals surface area (Å²) in [7, 11) is 8.50. The second kappa shape index (κ2) is 9.97. The lowest BCUT2D eigenvalue weighted by molar-refractivity contribution is -0.849. The molecule has 0 N–H and O–H groups in total. The number of ether oxygens (including phenoxy) is 1. The van der Waals surface area contributed by atoms with Gasteiger partial charge in [-0.3, -0.25) is 4.79 Å². The van der Waals surface area contributed by atoms with E-state index in [1.165, 1.54) is 0 Å². The molecular formula is C12H28NO2+. The van der Waals surface area contributed by atoms with Crippen LogP contribution in [0.4, 0.5) is 0 Å². The topological polar surface area (TPSA) is 26.3 Å². The van der Waals surface area contributed by atoms with E-state index in [0.29, 0.717) is 13.0 Å². The Bertz CT molecular complexity index is 144. The molecule has 0 bridgehead atoms. The summed E-state index contributed by atoms with van der Waals surface area (Å²) in [6.07, 6.45) is 3.83. The van der Waals surface area contributed by atoms with Gasteiger partial charge in [0.05, 0.1) is 34.8 Å². The lowest BCUT2D eigenvalue weighted by atomic mass is 10.2. The van der Waals surface area contributed by atoms with Gasteiger partial charge in [0.25, 0.3) is 0 Å². The molecule has 0 aromatic heterocycles. The smallest absolute Gasteiger partial charge is 0.305 e. The minimum absolute atomic E-state index is 0.0593. The van der Waals surface area contributed by atoms with E-state index in [9.17, 15) is 4.79 Å². The average molecular weight is 218 g/mol. The Labute approximate surface area is 95.0 Å². The molecule has 0 fully saturated rings. The molecule has 0 spiro atoms. The van der Waals surface area contributed by atoms with Crippen LogP contribution in [0.15, 0.2) is 0 Å². The molecule has 0 saturated heterocycles. The molecule has 0 atom stereocenters. The van der Waals surface area contributed by atoms with E-state index in [1.807, 2.05) is 6.92 Å². The molecule has 0 rings (SSSR count). The first kappa shape index (κ1) is 16.8. The first-order valence-electron chi connectivity index (χ1n) is 5.75. The van der Waals surface area contributed by atoms with E-state index in [2.05, 4.69) is 35.1 Å². The van der Waals surface area contributed by atoms with Gasteiger partial charge in [-0.05, 0) is 13.3 Å². The third kappa shape index (κ3) is 31.8. The quantitative estimate of drug-likeness (QED) is 0.402. The Hall–Kier alpha value is -0.570. The first-order valence-corrected chi connectivity index (χ1v) is 5.75. The third-order valence-corrected chi connectivity index (χ3v) is 1.29. The molecule has 0 saturated carbocycles. The van der Waals surface area contributed by atoms with Crippen LogP contribution in [0.5, 0.6) is 0 Å². The third-order valence-electron chi connectivity index (χ3n) is 1.29. The number of carbonyl (C=O) groups is 1. The zero-order valence-corrected chi connectivity index (χ0v) is 11.3. The number of hydrogen-bond acceptors (Lipinski definition) is 2. The van der Waals surface area contributed by atoms with E-state index in [1.54, 1.807) is 0 Å². The summed E-state index contributed by atoms with van der Waals surface area (Å²) in [5.41, 5.74) is 0. The van der Waals surface area contributed by atoms with Gasteiger partial charge in [-0.1, -0.05) is 19.8 Å². The maximum absolute atomic E-state index is 10.7. The highest BCUT2D eigenvalue weighted by Crippen LogP contribution is 1.99. The highest BCUT2D eigenvalue weighted by Gasteiger charge is 1.98. The van der Waals surface area contributed by atoms with Crippen molar-refractivity contribution in [1.29, 1.82) is 0 Å². The van der Waals surface area contributed by atoms with Gasteiger partial charge in [-0.25, -0.2) is 0 Å². The van der Waals surface area contributed by atoms with Crippen LogP contribution in [0.1, 0.15) is 39.5 Å². The van der Waals surface area contributed by atoms with E-state index in [0.717, 1.165) is 23.7 Å². The number of unbranched alkanes of at least 4 members (excludes halogenated alkanes) is 2. The van der Waals surface area contributed by atoms with Crippen molar-refractivity contribution < 1.29 is 14.0 Å². The summed E-state index contributed by atoms with van der Waals surface area (Å²) in [5.74, 6) is -0.0593. The summed E-state index contributed by atoms with van der Waals surface area (Å²) >= 11 is 0. The minimum atomic E-state index is -0.0593. The summed E-state index contributed by atoms with van der Waals surface area (Å²) in [5, 5.41) is 0. The largest absolute Gasteiger partial charge is 0.466 e. The van der Waals surface area contributed by atoms with Gasteiger partial charge in [-0.2, -0.15) is 0 Å². The van der Waals surface area contributed by atoms with Crippen molar-refractivity contribution >= 4 is 5.97 Å². The van der Waals surface area contributed by atoms with E-state index in [-0.39, 0.29) is 5.97 Å². The SMILES string of the molecule is CCCCCC(=O)OCC.C[N+](C)(C)C. The van der Waals surface area contributed by atoms with Crippen molar-refractivity contribution in [2.75, 3.05) is 34.8 Å². The van der Waals surface area contributed by atoms with Crippen LogP contribution in [0.25, 0.3) is 0 Å². The number of hydrogen-bond donors (Lipinski definition) is 0. The van der Waals surface area contributed by atoms with Gasteiger partial charge in [0, 0.05) is 6.42 Å². The lowest BCUT2D eigenvalue weighted by Crippen LogP contribution is -2.27. The maximum atomic E-state index is 10.7. The molecule has 0 aliphatic rings. The predicted octanol–water partition coefficient (Wildman–Crippen LogP) is 2.45. The Morgan fingerprint density at radius 3 is 1.87 bits per heavy atom. The number of nitrogens with zero attached hydrogens (tertiary/aromatic N) is 1. The van der Waals surface area contributed by atoms with Crippen LogP contribution < -0.4 is 0 Å². The molecule has 0 aromatic carbocycles. The van der Waals surface area contributed by atoms with E-state index >= 15 is 0 Å². The van der Waals surface area contributed by atoms with Crippen LogP contribution in [-0.4, -0.2) is 45.2 Å². The van der Waals surface area contributed by atoms with Crippen molar-refractivity contribution in [3.63, 3.8) is 0 Å². The predicted molar refractivity (Wildman–Crippen MR) is 64.7 cm³/mol. The Kier molecular flexibility index (Phi) is 11.2. The Morgan fingerprint density at radius 2 is 1.53 bits per heavy atom. The van der Waals surface area contributed by atoms with Crippen molar-refractivity contribution in [2.45, 2.75) is 39.5 Å². The second-order valence-corrected chi connectivity index (χ2v) is 4.95. The molecule has 3 nitrogen and oxygen atoms in total. The number of carbonyl (C=O) groups excluding carboxylic acids is 1. The molecule has 0 aliphatic carbocycles. The zero-order chi connectivity index (χ0) is 12.3. The maximum Gasteiger partial charge on any atom is 0.305 e. The number of quaternary nitrogens is 1. The zero-order valence-electron chi connectivity index (χ0n) is 11.3. The Balaban J connectivity index is 0. The summed E-state index contributed by atoms with van der Waals surface area (Å²) < 4.78 is 5.75. The fourth-order valence-corrected chi connectivity index (χ4v) is 0.752. The van der Waals surface area contributed by atoms with Gasteiger partial charge in [0.15, 0.2) is 0 Å². The number of esters is 1. The van der Waals surface area contributed by atoms with Crippen LogP contribution >= 0.6 is 0 Å². The highest BCUT2D eigenvalue weighted by molar-refractivity contribution is 5.69. The minimum Gasteiger partial charge on any atom is -0.466 e. The van der Waals surface area contributed by atoms with Gasteiger partial charge in [0.1, 0.15) is 0 Å². The molecule has 0 unspecified atom stereocenters. The van der Waals surface area contributed by atoms with Crippen molar-refractivity contribution in [2.24, 2.45) is 0 Å². The monoisotopic (exact) mass is 218 g/mol. The fraction of sp³-hybridized carbons (Fsp3) is 0.917. The molecule has 0 aliphatic heterocycles. The average Bonchev–Trinajstić information content (AvgIpc) is 2.02. The molecule has 15 heavy (non-hydrogen) atoms. The summed E-state index contributed by atoms with van der Waals surface area (Å²) in [6, 6.07) is 0. The van der Waals surface area contributed by atoms with E-state index < -0.39 is 0 Å². The molecule has 0 radical (unpaired) electrons. The standard InChI is InChI=1S/C8H16O2.C4H12N/c1-3-5-6-7-8(9)10-4-2;1-5(2,3)4/h3-7H2,1-2H3;1-4H3/q;+1. The van der Waals surface area contributed by atoms with Gasteiger partial charge in [0.2, 0.25) is 0 Å². The van der Waals surface area contributed by atoms with Crippen molar-refractivity contribution in [3.05, 3.63) is 0 Å². The molecule has 3 heteroatoms. The normalized spacial score (nSPS) is 10.3. The van der Waals surface area contributed by atoms with Crippen LogP contribution in [0.2, 0.25) is 0 Å². The Morgan fingerprint density at radius 1 is 1.07 bits per heavy atom. The van der Waals surface area contributed by atoms with Crippen molar-refractivity contribution in [3.8, 4) is 0 Å². The van der Waals surface area contributed by atoms with Crippen LogP contribution in [0, 0.1) is 0 Å². The van der Waals surface area contributed by atoms with E-state index in [4.69, 9.17) is 4.74 Å². The first-order chi connectivity index (χ1) is 6.81. The molecule has 92 valence electrons.